The number of hydrogen-bond acceptors (Lipinski definition) is 1. The van der Waals surface area contributed by atoms with E-state index in [9.17, 15) is 0 Å². The van der Waals surface area contributed by atoms with E-state index in [0.29, 0.717) is 0 Å². The Labute approximate surface area is 343 Å². The molecule has 0 N–H and O–H groups in total. The summed E-state index contributed by atoms with van der Waals surface area (Å²) in [4.78, 5) is 2.41. The molecule has 0 saturated carbocycles. The van der Waals surface area contributed by atoms with Gasteiger partial charge >= 0.3 is 0 Å². The average molecular weight is 748 g/mol. The summed E-state index contributed by atoms with van der Waals surface area (Å²) in [7, 11) is 0. The van der Waals surface area contributed by atoms with Gasteiger partial charge in [-0.15, -0.1) is 0 Å². The van der Waals surface area contributed by atoms with Crippen LogP contribution in [0.4, 0.5) is 17.1 Å². The molecule has 0 spiro atoms. The minimum absolute atomic E-state index is 1.10. The largest absolute Gasteiger partial charge is 0.310 e. The predicted octanol–water partition coefficient (Wildman–Crippen LogP) is 16.4. The summed E-state index contributed by atoms with van der Waals surface area (Å²) in [5.74, 6) is 0. The molecule has 11 aromatic carbocycles. The van der Waals surface area contributed by atoms with Crippen LogP contribution < -0.4 is 4.90 Å². The molecule has 11 aromatic rings. The zero-order valence-corrected chi connectivity index (χ0v) is 32.3. The average Bonchev–Trinajstić information content (AvgIpc) is 3.63. The van der Waals surface area contributed by atoms with Crippen molar-refractivity contribution >= 4 is 60.2 Å². The first-order chi connectivity index (χ1) is 29.2. The van der Waals surface area contributed by atoms with Crippen molar-refractivity contribution in [3.63, 3.8) is 0 Å². The normalized spacial score (nSPS) is 11.7. The summed E-state index contributed by atoms with van der Waals surface area (Å²) in [5.41, 5.74) is 15.8. The molecule has 0 bridgehead atoms. The van der Waals surface area contributed by atoms with Crippen LogP contribution in [0.2, 0.25) is 0 Å². The van der Waals surface area contributed by atoms with Gasteiger partial charge in [-0.05, 0) is 153 Å². The van der Waals surface area contributed by atoms with Gasteiger partial charge in [0.15, 0.2) is 0 Å². The van der Waals surface area contributed by atoms with Crippen LogP contribution >= 0.6 is 0 Å². The van der Waals surface area contributed by atoms with Gasteiger partial charge in [-0.25, -0.2) is 0 Å². The van der Waals surface area contributed by atoms with Crippen molar-refractivity contribution in [3.8, 4) is 55.6 Å². The number of fused-ring (bicyclic) bond motifs is 7. The number of hydrogen-bond donors (Lipinski definition) is 0. The summed E-state index contributed by atoms with van der Waals surface area (Å²) in [6.07, 6.45) is 0. The van der Waals surface area contributed by atoms with Crippen LogP contribution in [0, 0.1) is 0 Å². The Balaban J connectivity index is 1.00. The first-order valence-corrected chi connectivity index (χ1v) is 20.4. The third kappa shape index (κ3) is 5.55. The molecule has 1 nitrogen and oxygen atoms in total. The van der Waals surface area contributed by atoms with E-state index in [1.165, 1.54) is 98.7 Å². The number of rotatable bonds is 6. The smallest absolute Gasteiger partial charge is 0.0467 e. The standard InChI is InChI=1S/C58H37N/c1-3-19-50-38(11-1)13-9-23-51(50)40-29-31-47(32-30-40)59(48-17-7-14-42(34-48)44-28-27-41-26-25-39-12-2-4-20-52(39)56(41)36-44)49-18-8-15-43(35-49)46-33-45-16-10-24-55-53-21-5-6-22-54(53)57(37-46)58(45)55/h1-37H. The zero-order chi connectivity index (χ0) is 38.9. The van der Waals surface area contributed by atoms with Gasteiger partial charge < -0.3 is 4.90 Å². The van der Waals surface area contributed by atoms with Crippen molar-refractivity contribution in [2.45, 2.75) is 0 Å². The van der Waals surface area contributed by atoms with Gasteiger partial charge in [0.25, 0.3) is 0 Å². The van der Waals surface area contributed by atoms with E-state index in [1.54, 1.807) is 0 Å². The Hall–Kier alpha value is -7.74. The van der Waals surface area contributed by atoms with E-state index >= 15 is 0 Å². The van der Waals surface area contributed by atoms with E-state index in [4.69, 9.17) is 0 Å². The van der Waals surface area contributed by atoms with Gasteiger partial charge in [-0.2, -0.15) is 0 Å². The third-order valence-electron chi connectivity index (χ3n) is 12.3. The molecule has 0 heterocycles. The molecule has 0 aliphatic heterocycles. The lowest BCUT2D eigenvalue weighted by molar-refractivity contribution is 1.28. The van der Waals surface area contributed by atoms with E-state index in [2.05, 4.69) is 229 Å². The zero-order valence-electron chi connectivity index (χ0n) is 32.3. The van der Waals surface area contributed by atoms with Gasteiger partial charge in [-0.1, -0.05) is 170 Å². The maximum atomic E-state index is 2.41. The summed E-state index contributed by atoms with van der Waals surface area (Å²) >= 11 is 0. The van der Waals surface area contributed by atoms with Crippen LogP contribution in [0.1, 0.15) is 0 Å². The van der Waals surface area contributed by atoms with Crippen LogP contribution in [0.25, 0.3) is 98.7 Å². The van der Waals surface area contributed by atoms with E-state index < -0.39 is 0 Å². The van der Waals surface area contributed by atoms with Gasteiger partial charge in [0.1, 0.15) is 0 Å². The monoisotopic (exact) mass is 747 g/mol. The summed E-state index contributed by atoms with van der Waals surface area (Å²) in [6, 6.07) is 82.6. The van der Waals surface area contributed by atoms with Gasteiger partial charge in [-0.3, -0.25) is 0 Å². The summed E-state index contributed by atoms with van der Waals surface area (Å²) < 4.78 is 0. The molecule has 0 aromatic heterocycles. The SMILES string of the molecule is c1cc(-c2cc3c4c(cccc4c2)-c2ccccc2-3)cc(N(c2ccc(-c3cccc4ccccc34)cc2)c2cccc(-c3ccc4ccc5ccccc5c4c3)c2)c1. The number of anilines is 3. The summed E-state index contributed by atoms with van der Waals surface area (Å²) in [5, 5.41) is 10.2. The Morgan fingerprint density at radius 2 is 0.729 bits per heavy atom. The highest BCUT2D eigenvalue weighted by molar-refractivity contribution is 6.16. The van der Waals surface area contributed by atoms with Crippen LogP contribution in [-0.2, 0) is 0 Å². The predicted molar refractivity (Wildman–Crippen MR) is 252 cm³/mol. The second kappa shape index (κ2) is 13.4. The fraction of sp³-hybridized carbons (Fsp3) is 0. The number of nitrogens with zero attached hydrogens (tertiary/aromatic N) is 1. The molecule has 1 heteroatoms. The third-order valence-corrected chi connectivity index (χ3v) is 12.3. The fourth-order valence-corrected chi connectivity index (χ4v) is 9.53. The molecule has 1 aliphatic carbocycles. The van der Waals surface area contributed by atoms with E-state index in [0.717, 1.165) is 17.1 Å². The highest BCUT2D eigenvalue weighted by atomic mass is 15.1. The van der Waals surface area contributed by atoms with Crippen molar-refractivity contribution in [1.82, 2.24) is 0 Å². The fourth-order valence-electron chi connectivity index (χ4n) is 9.53. The minimum Gasteiger partial charge on any atom is -0.310 e. The minimum atomic E-state index is 1.10. The highest BCUT2D eigenvalue weighted by Gasteiger charge is 2.22. The van der Waals surface area contributed by atoms with Crippen molar-refractivity contribution in [2.75, 3.05) is 4.90 Å². The maximum absolute atomic E-state index is 2.41. The molecule has 0 radical (unpaired) electrons. The van der Waals surface area contributed by atoms with Gasteiger partial charge in [0.2, 0.25) is 0 Å². The lowest BCUT2D eigenvalue weighted by Crippen LogP contribution is -2.10. The van der Waals surface area contributed by atoms with Crippen LogP contribution in [-0.4, -0.2) is 0 Å². The number of benzene rings is 11. The second-order valence-electron chi connectivity index (χ2n) is 15.7. The molecule has 0 amide bonds. The molecule has 12 rings (SSSR count). The van der Waals surface area contributed by atoms with Crippen LogP contribution in [0.15, 0.2) is 224 Å². The molecule has 0 atom stereocenters. The van der Waals surface area contributed by atoms with E-state index in [1.807, 2.05) is 0 Å². The van der Waals surface area contributed by atoms with Crippen molar-refractivity contribution in [1.29, 1.82) is 0 Å². The van der Waals surface area contributed by atoms with Crippen LogP contribution in [0.3, 0.4) is 0 Å². The molecule has 1 aliphatic rings. The molecule has 59 heavy (non-hydrogen) atoms. The maximum Gasteiger partial charge on any atom is 0.0467 e. The second-order valence-corrected chi connectivity index (χ2v) is 15.7. The van der Waals surface area contributed by atoms with Crippen molar-refractivity contribution in [2.24, 2.45) is 0 Å². The highest BCUT2D eigenvalue weighted by Crippen LogP contribution is 2.49. The lowest BCUT2D eigenvalue weighted by Gasteiger charge is -2.27. The lowest BCUT2D eigenvalue weighted by atomic mass is 9.95. The van der Waals surface area contributed by atoms with Crippen LogP contribution in [0.5, 0.6) is 0 Å². The topological polar surface area (TPSA) is 3.24 Å². The van der Waals surface area contributed by atoms with Gasteiger partial charge in [0.05, 0.1) is 0 Å². The van der Waals surface area contributed by atoms with Gasteiger partial charge in [0, 0.05) is 17.1 Å². The molecule has 0 unspecified atom stereocenters. The van der Waals surface area contributed by atoms with Crippen molar-refractivity contribution in [3.05, 3.63) is 224 Å². The van der Waals surface area contributed by atoms with Crippen molar-refractivity contribution < 1.29 is 0 Å². The molecular weight excluding hydrogens is 711 g/mol. The Morgan fingerprint density at radius 1 is 0.220 bits per heavy atom. The molecule has 0 fully saturated rings. The first kappa shape index (κ1) is 33.4. The Kier molecular flexibility index (Phi) is 7.61. The summed E-state index contributed by atoms with van der Waals surface area (Å²) in [6.45, 7) is 0. The Bertz CT molecular complexity index is 3440. The molecule has 274 valence electrons. The van der Waals surface area contributed by atoms with E-state index in [-0.39, 0.29) is 0 Å². The molecular formula is C58H37N. The quantitative estimate of drug-likeness (QED) is 0.153. The first-order valence-electron chi connectivity index (χ1n) is 20.4. The molecule has 0 saturated heterocycles. The Morgan fingerprint density at radius 3 is 1.49 bits per heavy atom.